The molecule has 1 aromatic heterocycles. The number of aromatic nitrogens is 2. The molecule has 0 aliphatic carbocycles. The molecule has 0 aliphatic heterocycles. The standard InChI is InChI=1S/C34H29N2/c1-24-14-21-32-33(22-24)36(30-19-17-28(18-20-30)26-10-6-4-7-11-26)34(35(32)3)31-23-29(16-15-25(31)2)27-12-8-5-9-13-27/h4-23H,1-3H3/q+1. The highest BCUT2D eigenvalue weighted by molar-refractivity contribution is 5.82. The van der Waals surface area contributed by atoms with Crippen LogP contribution < -0.4 is 4.57 Å². The Kier molecular flexibility index (Phi) is 5.50. The van der Waals surface area contributed by atoms with Crippen molar-refractivity contribution in [2.45, 2.75) is 13.8 Å². The Bertz CT molecular complexity index is 1680. The van der Waals surface area contributed by atoms with E-state index in [4.69, 9.17) is 0 Å². The Balaban J connectivity index is 1.59. The van der Waals surface area contributed by atoms with Gasteiger partial charge in [-0.25, -0.2) is 4.57 Å². The Labute approximate surface area is 212 Å². The second-order valence-electron chi connectivity index (χ2n) is 9.52. The van der Waals surface area contributed by atoms with Crippen LogP contribution in [0.2, 0.25) is 0 Å². The van der Waals surface area contributed by atoms with E-state index < -0.39 is 0 Å². The molecular weight excluding hydrogens is 436 g/mol. The van der Waals surface area contributed by atoms with Gasteiger partial charge in [0.1, 0.15) is 5.69 Å². The Morgan fingerprint density at radius 1 is 0.556 bits per heavy atom. The molecule has 0 spiro atoms. The summed E-state index contributed by atoms with van der Waals surface area (Å²) in [5.41, 5.74) is 12.2. The summed E-state index contributed by atoms with van der Waals surface area (Å²) in [5, 5.41) is 0. The van der Waals surface area contributed by atoms with Crippen molar-refractivity contribution in [3.05, 3.63) is 132 Å². The van der Waals surface area contributed by atoms with Gasteiger partial charge >= 0.3 is 0 Å². The normalized spacial score (nSPS) is 11.2. The summed E-state index contributed by atoms with van der Waals surface area (Å²) in [7, 11) is 2.18. The molecule has 5 aromatic carbocycles. The molecule has 0 saturated heterocycles. The first kappa shape index (κ1) is 22.1. The van der Waals surface area contributed by atoms with Crippen LogP contribution in [0.5, 0.6) is 0 Å². The molecular formula is C34H29N2+. The Hall–Kier alpha value is -4.43. The van der Waals surface area contributed by atoms with Crippen molar-refractivity contribution in [3.63, 3.8) is 0 Å². The number of nitrogens with zero attached hydrogens (tertiary/aromatic N) is 2. The van der Waals surface area contributed by atoms with Crippen molar-refractivity contribution >= 4 is 11.0 Å². The number of hydrogen-bond acceptors (Lipinski definition) is 0. The van der Waals surface area contributed by atoms with Crippen LogP contribution in [0.15, 0.2) is 121 Å². The van der Waals surface area contributed by atoms with Crippen LogP contribution in [0.4, 0.5) is 0 Å². The predicted octanol–water partition coefficient (Wildman–Crippen LogP) is 8.07. The van der Waals surface area contributed by atoms with E-state index >= 15 is 0 Å². The van der Waals surface area contributed by atoms with Crippen molar-refractivity contribution in [1.82, 2.24) is 4.57 Å². The number of rotatable bonds is 4. The summed E-state index contributed by atoms with van der Waals surface area (Å²) >= 11 is 0. The number of aryl methyl sites for hydroxylation is 3. The summed E-state index contributed by atoms with van der Waals surface area (Å²) in [6.07, 6.45) is 0. The van der Waals surface area contributed by atoms with E-state index in [1.54, 1.807) is 0 Å². The van der Waals surface area contributed by atoms with Crippen molar-refractivity contribution in [2.24, 2.45) is 7.05 Å². The Morgan fingerprint density at radius 2 is 1.14 bits per heavy atom. The lowest BCUT2D eigenvalue weighted by molar-refractivity contribution is -0.633. The third kappa shape index (κ3) is 3.81. The minimum atomic E-state index is 1.16. The molecule has 1 heterocycles. The lowest BCUT2D eigenvalue weighted by Gasteiger charge is -2.10. The van der Waals surface area contributed by atoms with Gasteiger partial charge < -0.3 is 0 Å². The highest BCUT2D eigenvalue weighted by atomic mass is 15.2. The summed E-state index contributed by atoms with van der Waals surface area (Å²) in [5.74, 6) is 1.18. The van der Waals surface area contributed by atoms with E-state index in [1.165, 1.54) is 55.8 Å². The molecule has 6 rings (SSSR count). The molecule has 6 aromatic rings. The third-order valence-electron chi connectivity index (χ3n) is 7.08. The summed E-state index contributed by atoms with van der Waals surface area (Å²) in [6.45, 7) is 4.37. The average molecular weight is 466 g/mol. The van der Waals surface area contributed by atoms with Gasteiger partial charge in [0.2, 0.25) is 0 Å². The number of imidazole rings is 1. The first-order chi connectivity index (χ1) is 17.6. The molecule has 36 heavy (non-hydrogen) atoms. The van der Waals surface area contributed by atoms with Crippen LogP contribution in [0, 0.1) is 13.8 Å². The summed E-state index contributed by atoms with van der Waals surface area (Å²) in [6, 6.07) is 43.6. The maximum Gasteiger partial charge on any atom is 0.295 e. The van der Waals surface area contributed by atoms with Crippen molar-refractivity contribution in [1.29, 1.82) is 0 Å². The molecule has 0 unspecified atom stereocenters. The SMILES string of the molecule is Cc1ccc2c(c1)n(-c1ccc(-c3ccccc3)cc1)c(-c1cc(-c3ccccc3)ccc1C)[n+]2C. The lowest BCUT2D eigenvalue weighted by Crippen LogP contribution is -2.30. The lowest BCUT2D eigenvalue weighted by atomic mass is 9.99. The van der Waals surface area contributed by atoms with Crippen molar-refractivity contribution in [3.8, 4) is 39.3 Å². The van der Waals surface area contributed by atoms with Gasteiger partial charge in [0.05, 0.1) is 12.6 Å². The summed E-state index contributed by atoms with van der Waals surface area (Å²) < 4.78 is 4.74. The van der Waals surface area contributed by atoms with Gasteiger partial charge in [-0.2, -0.15) is 4.57 Å². The average Bonchev–Trinajstić information content (AvgIpc) is 3.21. The fourth-order valence-electron chi connectivity index (χ4n) is 5.14. The van der Waals surface area contributed by atoms with E-state index in [0.29, 0.717) is 0 Å². The minimum absolute atomic E-state index is 1.16. The first-order valence-corrected chi connectivity index (χ1v) is 12.4. The van der Waals surface area contributed by atoms with Gasteiger partial charge in [0.15, 0.2) is 11.0 Å². The Morgan fingerprint density at radius 3 is 1.81 bits per heavy atom. The van der Waals surface area contributed by atoms with Gasteiger partial charge in [-0.1, -0.05) is 91.0 Å². The van der Waals surface area contributed by atoms with E-state index in [-0.39, 0.29) is 0 Å². The first-order valence-electron chi connectivity index (χ1n) is 12.4. The highest BCUT2D eigenvalue weighted by Gasteiger charge is 2.27. The van der Waals surface area contributed by atoms with Gasteiger partial charge in [0.25, 0.3) is 5.82 Å². The monoisotopic (exact) mass is 465 g/mol. The molecule has 0 fully saturated rings. The second-order valence-corrected chi connectivity index (χ2v) is 9.52. The van der Waals surface area contributed by atoms with Crippen molar-refractivity contribution in [2.75, 3.05) is 0 Å². The predicted molar refractivity (Wildman–Crippen MR) is 150 cm³/mol. The zero-order valence-corrected chi connectivity index (χ0v) is 20.9. The summed E-state index contributed by atoms with van der Waals surface area (Å²) in [4.78, 5) is 0. The fourth-order valence-corrected chi connectivity index (χ4v) is 5.14. The van der Waals surface area contributed by atoms with E-state index in [2.05, 4.69) is 151 Å². The third-order valence-corrected chi connectivity index (χ3v) is 7.08. The van der Waals surface area contributed by atoms with Gasteiger partial charge in [-0.15, -0.1) is 0 Å². The molecule has 0 aliphatic rings. The molecule has 0 atom stereocenters. The minimum Gasteiger partial charge on any atom is -0.225 e. The zero-order valence-electron chi connectivity index (χ0n) is 20.9. The number of fused-ring (bicyclic) bond motifs is 1. The van der Waals surface area contributed by atoms with Crippen LogP contribution >= 0.6 is 0 Å². The molecule has 0 bridgehead atoms. The number of hydrogen-bond donors (Lipinski definition) is 0. The van der Waals surface area contributed by atoms with E-state index in [9.17, 15) is 0 Å². The largest absolute Gasteiger partial charge is 0.295 e. The molecule has 2 heteroatoms. The van der Waals surface area contributed by atoms with E-state index in [1.807, 2.05) is 0 Å². The van der Waals surface area contributed by atoms with E-state index in [0.717, 1.165) is 5.69 Å². The van der Waals surface area contributed by atoms with Gasteiger partial charge in [-0.05, 0) is 77.6 Å². The van der Waals surface area contributed by atoms with Crippen LogP contribution in [0.25, 0.3) is 50.4 Å². The number of benzene rings is 5. The molecule has 174 valence electrons. The maximum atomic E-state index is 2.41. The molecule has 0 saturated carbocycles. The zero-order chi connectivity index (χ0) is 24.6. The fraction of sp³-hybridized carbons (Fsp3) is 0.0882. The maximum absolute atomic E-state index is 2.41. The molecule has 2 nitrogen and oxygen atoms in total. The molecule has 0 radical (unpaired) electrons. The van der Waals surface area contributed by atoms with Crippen LogP contribution in [0.3, 0.4) is 0 Å². The smallest absolute Gasteiger partial charge is 0.225 e. The topological polar surface area (TPSA) is 8.81 Å². The molecule has 0 N–H and O–H groups in total. The van der Waals surface area contributed by atoms with Crippen LogP contribution in [0.1, 0.15) is 11.1 Å². The van der Waals surface area contributed by atoms with Crippen LogP contribution in [-0.4, -0.2) is 4.57 Å². The highest BCUT2D eigenvalue weighted by Crippen LogP contribution is 2.33. The van der Waals surface area contributed by atoms with Gasteiger partial charge in [-0.3, -0.25) is 0 Å². The second kappa shape index (κ2) is 8.98. The molecule has 0 amide bonds. The van der Waals surface area contributed by atoms with Crippen molar-refractivity contribution < 1.29 is 4.57 Å². The van der Waals surface area contributed by atoms with Crippen LogP contribution in [-0.2, 0) is 7.05 Å². The quantitative estimate of drug-likeness (QED) is 0.233. The van der Waals surface area contributed by atoms with Gasteiger partial charge in [0, 0.05) is 0 Å².